The highest BCUT2D eigenvalue weighted by Crippen LogP contribution is 2.39. The van der Waals surface area contributed by atoms with Gasteiger partial charge in [0.25, 0.3) is 0 Å². The molecule has 37 heavy (non-hydrogen) atoms. The first-order chi connectivity index (χ1) is 17.9. The molecule has 1 amide bonds. The topological polar surface area (TPSA) is 84.7 Å². The van der Waals surface area contributed by atoms with Crippen LogP contribution in [0, 0.1) is 11.3 Å². The molecule has 0 saturated carbocycles. The van der Waals surface area contributed by atoms with Crippen LogP contribution in [-0.2, 0) is 17.8 Å². The van der Waals surface area contributed by atoms with Gasteiger partial charge in [-0.1, -0.05) is 35.8 Å². The third-order valence-electron chi connectivity index (χ3n) is 7.51. The van der Waals surface area contributed by atoms with Crippen molar-refractivity contribution in [2.75, 3.05) is 50.1 Å². The number of hydrogen-bond acceptors (Lipinski definition) is 7. The van der Waals surface area contributed by atoms with Gasteiger partial charge in [0.15, 0.2) is 0 Å². The SMILES string of the molecule is C=CC(=O)N1CC(Nc2c(C#N)c(OC[C@@H]3CCCN3C)nc3c2CCN(c2cccc(Cl)c2Cl)C3)C1. The lowest BCUT2D eigenvalue weighted by molar-refractivity contribution is -0.129. The van der Waals surface area contributed by atoms with E-state index in [9.17, 15) is 10.1 Å². The second kappa shape index (κ2) is 10.8. The van der Waals surface area contributed by atoms with Crippen LogP contribution in [0.25, 0.3) is 0 Å². The van der Waals surface area contributed by atoms with Crippen LogP contribution in [0.1, 0.15) is 29.7 Å². The molecule has 1 atom stereocenters. The molecule has 1 N–H and O–H groups in total. The van der Waals surface area contributed by atoms with E-state index in [0.29, 0.717) is 66.7 Å². The summed E-state index contributed by atoms with van der Waals surface area (Å²) in [5.41, 5.74) is 3.88. The molecule has 3 aliphatic heterocycles. The summed E-state index contributed by atoms with van der Waals surface area (Å²) in [6.45, 7) is 7.41. The fourth-order valence-corrected chi connectivity index (χ4v) is 5.73. The van der Waals surface area contributed by atoms with E-state index in [1.165, 1.54) is 6.08 Å². The summed E-state index contributed by atoms with van der Waals surface area (Å²) in [5, 5.41) is 14.7. The van der Waals surface area contributed by atoms with Gasteiger partial charge in [-0.3, -0.25) is 4.79 Å². The van der Waals surface area contributed by atoms with E-state index in [1.54, 1.807) is 11.0 Å². The number of rotatable bonds is 7. The zero-order valence-electron chi connectivity index (χ0n) is 20.8. The first-order valence-electron chi connectivity index (χ1n) is 12.5. The molecule has 0 aliphatic carbocycles. The van der Waals surface area contributed by atoms with E-state index in [0.717, 1.165) is 42.0 Å². The Bertz CT molecular complexity index is 1260. The largest absolute Gasteiger partial charge is 0.475 e. The van der Waals surface area contributed by atoms with Crippen LogP contribution in [0.3, 0.4) is 0 Å². The minimum atomic E-state index is -0.0888. The third kappa shape index (κ3) is 5.08. The van der Waals surface area contributed by atoms with E-state index in [2.05, 4.69) is 34.8 Å². The van der Waals surface area contributed by atoms with Crippen LogP contribution in [0.5, 0.6) is 5.88 Å². The van der Waals surface area contributed by atoms with Crippen molar-refractivity contribution in [3.63, 3.8) is 0 Å². The van der Waals surface area contributed by atoms with Crippen molar-refractivity contribution >= 4 is 40.5 Å². The van der Waals surface area contributed by atoms with E-state index < -0.39 is 0 Å². The molecule has 2 aromatic rings. The number of pyridine rings is 1. The molecule has 1 aromatic carbocycles. The zero-order chi connectivity index (χ0) is 26.1. The minimum absolute atomic E-state index is 0.0386. The summed E-state index contributed by atoms with van der Waals surface area (Å²) in [4.78, 5) is 23.0. The minimum Gasteiger partial charge on any atom is -0.475 e. The number of carbonyl (C=O) groups excluding carboxylic acids is 1. The standard InChI is InChI=1S/C27H30Cl2N6O2/c1-3-24(36)35-13-17(14-35)31-26-19-9-11-34(23-8-4-7-21(28)25(23)29)15-22(19)32-27(20(26)12-30)37-16-18-6-5-10-33(18)2/h3-4,7-8,17-18H,1,5-6,9-11,13-16H2,2H3,(H,31,32)/t18-/m0/s1. The molecule has 0 spiro atoms. The van der Waals surface area contributed by atoms with Gasteiger partial charge in [0.2, 0.25) is 11.8 Å². The molecule has 5 rings (SSSR count). The monoisotopic (exact) mass is 540 g/mol. The van der Waals surface area contributed by atoms with E-state index in [1.807, 2.05) is 12.1 Å². The number of nitrogens with zero attached hydrogens (tertiary/aromatic N) is 5. The Morgan fingerprint density at radius 1 is 1.35 bits per heavy atom. The smallest absolute Gasteiger partial charge is 0.246 e. The number of likely N-dealkylation sites (N-methyl/N-ethyl adjacent to an activating group) is 1. The Balaban J connectivity index is 1.46. The molecule has 3 aliphatic rings. The van der Waals surface area contributed by atoms with Crippen LogP contribution >= 0.6 is 23.2 Å². The van der Waals surface area contributed by atoms with Crippen molar-refractivity contribution < 1.29 is 9.53 Å². The van der Waals surface area contributed by atoms with Crippen molar-refractivity contribution in [1.82, 2.24) is 14.8 Å². The van der Waals surface area contributed by atoms with Gasteiger partial charge < -0.3 is 24.8 Å². The molecule has 0 bridgehead atoms. The number of carbonyl (C=O) groups is 1. The Labute approximate surface area is 227 Å². The molecule has 4 heterocycles. The lowest BCUT2D eigenvalue weighted by Gasteiger charge is -2.40. The van der Waals surface area contributed by atoms with Crippen molar-refractivity contribution in [2.24, 2.45) is 0 Å². The van der Waals surface area contributed by atoms with E-state index >= 15 is 0 Å². The summed E-state index contributed by atoms with van der Waals surface area (Å²) >= 11 is 12.8. The van der Waals surface area contributed by atoms with Gasteiger partial charge in [-0.25, -0.2) is 4.98 Å². The number of ether oxygens (including phenoxy) is 1. The Kier molecular flexibility index (Phi) is 7.47. The number of halogens is 2. The quantitative estimate of drug-likeness (QED) is 0.529. The number of nitriles is 1. The molecular weight excluding hydrogens is 511 g/mol. The number of aromatic nitrogens is 1. The first kappa shape index (κ1) is 25.7. The first-order valence-corrected chi connectivity index (χ1v) is 13.3. The lowest BCUT2D eigenvalue weighted by Crippen LogP contribution is -2.56. The molecule has 2 saturated heterocycles. The average molecular weight is 541 g/mol. The highest BCUT2D eigenvalue weighted by molar-refractivity contribution is 6.43. The van der Waals surface area contributed by atoms with Crippen LogP contribution in [0.4, 0.5) is 11.4 Å². The molecule has 8 nitrogen and oxygen atoms in total. The number of benzene rings is 1. The van der Waals surface area contributed by atoms with E-state index in [-0.39, 0.29) is 11.9 Å². The Morgan fingerprint density at radius 3 is 2.86 bits per heavy atom. The fraction of sp³-hybridized carbons (Fsp3) is 0.444. The number of likely N-dealkylation sites (tertiary alicyclic amines) is 2. The van der Waals surface area contributed by atoms with Crippen molar-refractivity contribution in [3.8, 4) is 11.9 Å². The van der Waals surface area contributed by atoms with Gasteiger partial charge in [-0.05, 0) is 51.1 Å². The Hall–Kier alpha value is -2.99. The van der Waals surface area contributed by atoms with Gasteiger partial charge in [0, 0.05) is 31.2 Å². The maximum Gasteiger partial charge on any atom is 0.246 e. The number of fused-ring (bicyclic) bond motifs is 1. The molecule has 2 fully saturated rings. The average Bonchev–Trinajstić information content (AvgIpc) is 3.29. The predicted molar refractivity (Wildman–Crippen MR) is 146 cm³/mol. The van der Waals surface area contributed by atoms with Crippen LogP contribution in [0.15, 0.2) is 30.9 Å². The number of anilines is 2. The molecule has 194 valence electrons. The second-order valence-corrected chi connectivity index (χ2v) is 10.6. The van der Waals surface area contributed by atoms with Crippen molar-refractivity contribution in [3.05, 3.63) is 57.7 Å². The highest BCUT2D eigenvalue weighted by Gasteiger charge is 2.33. The van der Waals surface area contributed by atoms with E-state index in [4.69, 9.17) is 32.9 Å². The summed E-state index contributed by atoms with van der Waals surface area (Å²) in [6, 6.07) is 8.30. The normalized spacial score (nSPS) is 19.7. The van der Waals surface area contributed by atoms with Crippen LogP contribution < -0.4 is 15.0 Å². The number of nitrogens with one attached hydrogen (secondary N) is 1. The summed E-state index contributed by atoms with van der Waals surface area (Å²) in [5.74, 6) is 0.260. The van der Waals surface area contributed by atoms with Gasteiger partial charge in [-0.2, -0.15) is 5.26 Å². The Morgan fingerprint density at radius 2 is 2.16 bits per heavy atom. The van der Waals surface area contributed by atoms with Gasteiger partial charge in [-0.15, -0.1) is 0 Å². The van der Waals surface area contributed by atoms with Gasteiger partial charge in [0.1, 0.15) is 18.2 Å². The second-order valence-electron chi connectivity index (χ2n) is 9.82. The summed E-state index contributed by atoms with van der Waals surface area (Å²) in [7, 11) is 2.10. The summed E-state index contributed by atoms with van der Waals surface area (Å²) in [6.07, 6.45) is 4.20. The molecule has 1 aromatic heterocycles. The van der Waals surface area contributed by atoms with Crippen LogP contribution in [-0.4, -0.2) is 72.6 Å². The number of amides is 1. The molecule has 10 heteroatoms. The molecule has 0 unspecified atom stereocenters. The summed E-state index contributed by atoms with van der Waals surface area (Å²) < 4.78 is 6.22. The highest BCUT2D eigenvalue weighted by atomic mass is 35.5. The zero-order valence-corrected chi connectivity index (χ0v) is 22.4. The number of hydrogen-bond donors (Lipinski definition) is 1. The predicted octanol–water partition coefficient (Wildman–Crippen LogP) is 4.10. The van der Waals surface area contributed by atoms with Crippen molar-refractivity contribution in [2.45, 2.75) is 37.9 Å². The fourth-order valence-electron chi connectivity index (χ4n) is 5.31. The molecular formula is C27H30Cl2N6O2. The third-order valence-corrected chi connectivity index (χ3v) is 8.32. The van der Waals surface area contributed by atoms with Gasteiger partial charge >= 0.3 is 0 Å². The van der Waals surface area contributed by atoms with Crippen molar-refractivity contribution in [1.29, 1.82) is 5.26 Å². The molecule has 0 radical (unpaired) electrons. The maximum absolute atomic E-state index is 11.9. The maximum atomic E-state index is 11.9. The van der Waals surface area contributed by atoms with Gasteiger partial charge in [0.05, 0.1) is 39.7 Å². The van der Waals surface area contributed by atoms with Crippen LogP contribution in [0.2, 0.25) is 10.0 Å². The lowest BCUT2D eigenvalue weighted by atomic mass is 9.97.